The van der Waals surface area contributed by atoms with Crippen molar-refractivity contribution in [2.75, 3.05) is 27.2 Å². The molecule has 1 aliphatic heterocycles. The highest BCUT2D eigenvalue weighted by molar-refractivity contribution is 5.94. The molecule has 148 valence electrons. The van der Waals surface area contributed by atoms with Gasteiger partial charge in [0.1, 0.15) is 11.8 Å². The Labute approximate surface area is 163 Å². The Morgan fingerprint density at radius 1 is 1.36 bits per heavy atom. The van der Waals surface area contributed by atoms with Crippen LogP contribution in [-0.2, 0) is 13.1 Å². The molecular formula is C19H25N7O2. The van der Waals surface area contributed by atoms with Gasteiger partial charge in [-0.25, -0.2) is 9.97 Å². The minimum atomic E-state index is -0.648. The van der Waals surface area contributed by atoms with Gasteiger partial charge < -0.3 is 14.9 Å². The highest BCUT2D eigenvalue weighted by Gasteiger charge is 2.27. The molecule has 0 aromatic carbocycles. The zero-order valence-corrected chi connectivity index (χ0v) is 16.4. The molecular weight excluding hydrogens is 358 g/mol. The van der Waals surface area contributed by atoms with E-state index in [-0.39, 0.29) is 5.91 Å². The topological polar surface area (TPSA) is 91.8 Å². The van der Waals surface area contributed by atoms with Crippen molar-refractivity contribution in [1.82, 2.24) is 33.9 Å². The summed E-state index contributed by atoms with van der Waals surface area (Å²) >= 11 is 0. The zero-order chi connectivity index (χ0) is 19.8. The monoisotopic (exact) mass is 383 g/mol. The van der Waals surface area contributed by atoms with Crippen molar-refractivity contribution in [1.29, 1.82) is 0 Å². The van der Waals surface area contributed by atoms with Crippen LogP contribution in [0.1, 0.15) is 40.1 Å². The largest absolute Gasteiger partial charge is 0.385 e. The molecule has 0 spiro atoms. The Kier molecular flexibility index (Phi) is 4.86. The van der Waals surface area contributed by atoms with Crippen molar-refractivity contribution in [3.8, 4) is 0 Å². The number of hydrogen-bond acceptors (Lipinski definition) is 6. The smallest absolute Gasteiger partial charge is 0.273 e. The molecule has 1 N–H and O–H groups in total. The number of aryl methyl sites for hydroxylation is 2. The lowest BCUT2D eigenvalue weighted by Crippen LogP contribution is -2.32. The molecule has 1 amide bonds. The molecule has 3 aromatic rings. The fraction of sp³-hybridized carbons (Fsp3) is 0.474. The summed E-state index contributed by atoms with van der Waals surface area (Å²) in [5.41, 5.74) is 2.80. The van der Waals surface area contributed by atoms with Gasteiger partial charge in [0.2, 0.25) is 5.78 Å². The van der Waals surface area contributed by atoms with Crippen molar-refractivity contribution in [3.63, 3.8) is 0 Å². The number of carbonyl (C=O) groups is 1. The van der Waals surface area contributed by atoms with E-state index in [0.29, 0.717) is 42.5 Å². The van der Waals surface area contributed by atoms with E-state index in [4.69, 9.17) is 0 Å². The Hall–Kier alpha value is -2.78. The average molecular weight is 383 g/mol. The van der Waals surface area contributed by atoms with E-state index in [1.54, 1.807) is 16.7 Å². The predicted octanol–water partition coefficient (Wildman–Crippen LogP) is 0.875. The lowest BCUT2D eigenvalue weighted by Gasteiger charge is -2.20. The molecule has 28 heavy (non-hydrogen) atoms. The molecule has 3 aromatic heterocycles. The Morgan fingerprint density at radius 2 is 2.18 bits per heavy atom. The highest BCUT2D eigenvalue weighted by atomic mass is 16.3. The molecule has 9 heteroatoms. The van der Waals surface area contributed by atoms with Gasteiger partial charge in [0, 0.05) is 32.0 Å². The zero-order valence-electron chi connectivity index (χ0n) is 16.4. The molecule has 0 radical (unpaired) electrons. The summed E-state index contributed by atoms with van der Waals surface area (Å²) in [5.74, 6) is 0.459. The van der Waals surface area contributed by atoms with Crippen LogP contribution >= 0.6 is 0 Å². The van der Waals surface area contributed by atoms with Crippen molar-refractivity contribution in [2.24, 2.45) is 0 Å². The number of fused-ring (bicyclic) bond motifs is 2. The number of imidazole rings is 1. The van der Waals surface area contributed by atoms with Crippen LogP contribution in [0, 0.1) is 6.92 Å². The van der Waals surface area contributed by atoms with E-state index in [1.165, 1.54) is 0 Å². The second-order valence-electron chi connectivity index (χ2n) is 7.48. The predicted molar refractivity (Wildman–Crippen MR) is 103 cm³/mol. The molecule has 0 bridgehead atoms. The third-order valence-electron chi connectivity index (χ3n) is 4.98. The molecule has 1 unspecified atom stereocenters. The maximum Gasteiger partial charge on any atom is 0.273 e. The van der Waals surface area contributed by atoms with E-state index in [2.05, 4.69) is 15.1 Å². The minimum absolute atomic E-state index is 0.0666. The minimum Gasteiger partial charge on any atom is -0.385 e. The highest BCUT2D eigenvalue weighted by Crippen LogP contribution is 2.21. The first-order valence-corrected chi connectivity index (χ1v) is 9.42. The standard InChI is InChI=1S/C19H25N7O2/c1-13-17(25-8-4-6-20-19(25)21-13)18(28)24-7-5-9-26-14(11-24)10-15(22-26)16(27)12-23(2)3/h4,6,8,10,16,27H,5,7,9,11-12H2,1-3H3. The molecule has 0 fully saturated rings. The van der Waals surface area contributed by atoms with Crippen LogP contribution in [0.15, 0.2) is 24.5 Å². The second kappa shape index (κ2) is 7.33. The molecule has 0 aliphatic carbocycles. The van der Waals surface area contributed by atoms with Crippen LogP contribution in [0.5, 0.6) is 0 Å². The number of aliphatic hydroxyl groups excluding tert-OH is 1. The van der Waals surface area contributed by atoms with E-state index in [0.717, 1.165) is 18.7 Å². The SMILES string of the molecule is Cc1nc2ncccn2c1C(=O)N1CCCn2nc(C(O)CN(C)C)cc2C1. The van der Waals surface area contributed by atoms with Gasteiger partial charge in [-0.05, 0) is 39.6 Å². The van der Waals surface area contributed by atoms with Crippen molar-refractivity contribution < 1.29 is 9.90 Å². The van der Waals surface area contributed by atoms with Crippen LogP contribution in [0.3, 0.4) is 0 Å². The molecule has 0 saturated heterocycles. The van der Waals surface area contributed by atoms with Crippen LogP contribution in [0.2, 0.25) is 0 Å². The third kappa shape index (κ3) is 3.38. The van der Waals surface area contributed by atoms with E-state index in [9.17, 15) is 9.90 Å². The summed E-state index contributed by atoms with van der Waals surface area (Å²) in [6.07, 6.45) is 3.64. The molecule has 1 atom stereocenters. The van der Waals surface area contributed by atoms with Gasteiger partial charge in [0.05, 0.1) is 23.6 Å². The summed E-state index contributed by atoms with van der Waals surface area (Å²) in [4.78, 5) is 25.7. The van der Waals surface area contributed by atoms with Gasteiger partial charge in [0.15, 0.2) is 0 Å². The van der Waals surface area contributed by atoms with Crippen LogP contribution in [0.25, 0.3) is 5.78 Å². The lowest BCUT2D eigenvalue weighted by molar-refractivity contribution is 0.0738. The number of aromatic nitrogens is 5. The van der Waals surface area contributed by atoms with E-state index < -0.39 is 6.10 Å². The first-order valence-electron chi connectivity index (χ1n) is 9.42. The molecule has 0 saturated carbocycles. The average Bonchev–Trinajstić information content (AvgIpc) is 3.13. The number of rotatable bonds is 4. The molecule has 1 aliphatic rings. The normalized spacial score (nSPS) is 15.7. The molecule has 9 nitrogen and oxygen atoms in total. The van der Waals surface area contributed by atoms with Crippen LogP contribution in [0.4, 0.5) is 0 Å². The molecule has 4 rings (SSSR count). The van der Waals surface area contributed by atoms with Gasteiger partial charge >= 0.3 is 0 Å². The van der Waals surface area contributed by atoms with Crippen molar-refractivity contribution in [2.45, 2.75) is 32.5 Å². The number of nitrogens with zero attached hydrogens (tertiary/aromatic N) is 7. The van der Waals surface area contributed by atoms with Gasteiger partial charge in [-0.2, -0.15) is 5.10 Å². The van der Waals surface area contributed by atoms with E-state index >= 15 is 0 Å². The van der Waals surface area contributed by atoms with Gasteiger partial charge in [-0.3, -0.25) is 13.9 Å². The van der Waals surface area contributed by atoms with Gasteiger partial charge in [-0.15, -0.1) is 0 Å². The quantitative estimate of drug-likeness (QED) is 0.719. The fourth-order valence-corrected chi connectivity index (χ4v) is 3.67. The van der Waals surface area contributed by atoms with Crippen molar-refractivity contribution >= 4 is 11.7 Å². The second-order valence-corrected chi connectivity index (χ2v) is 7.48. The van der Waals surface area contributed by atoms with Crippen LogP contribution in [-0.4, -0.2) is 72.1 Å². The Bertz CT molecular complexity index is 1010. The summed E-state index contributed by atoms with van der Waals surface area (Å²) < 4.78 is 3.65. The Morgan fingerprint density at radius 3 is 2.96 bits per heavy atom. The lowest BCUT2D eigenvalue weighted by atomic mass is 10.2. The maximum atomic E-state index is 13.3. The first kappa shape index (κ1) is 18.6. The third-order valence-corrected chi connectivity index (χ3v) is 4.98. The van der Waals surface area contributed by atoms with E-state index in [1.807, 2.05) is 47.8 Å². The van der Waals surface area contributed by atoms with Gasteiger partial charge in [-0.1, -0.05) is 0 Å². The maximum absolute atomic E-state index is 13.3. The fourth-order valence-electron chi connectivity index (χ4n) is 3.67. The number of amides is 1. The summed E-state index contributed by atoms with van der Waals surface area (Å²) in [6, 6.07) is 3.70. The first-order chi connectivity index (χ1) is 13.4. The summed E-state index contributed by atoms with van der Waals surface area (Å²) in [6.45, 7) is 4.16. The number of likely N-dealkylation sites (N-methyl/N-ethyl adjacent to an activating group) is 1. The number of aliphatic hydroxyl groups is 1. The van der Waals surface area contributed by atoms with Crippen molar-refractivity contribution in [3.05, 3.63) is 47.3 Å². The summed E-state index contributed by atoms with van der Waals surface area (Å²) in [5, 5.41) is 14.9. The summed E-state index contributed by atoms with van der Waals surface area (Å²) in [7, 11) is 3.83. The van der Waals surface area contributed by atoms with Crippen LogP contribution < -0.4 is 0 Å². The van der Waals surface area contributed by atoms with Gasteiger partial charge in [0.25, 0.3) is 5.91 Å². The number of carbonyl (C=O) groups excluding carboxylic acids is 1. The number of hydrogen-bond donors (Lipinski definition) is 1. The molecule has 4 heterocycles. The Balaban J connectivity index is 1.61.